The van der Waals surface area contributed by atoms with Crippen molar-refractivity contribution in [3.05, 3.63) is 0 Å². The average Bonchev–Trinajstić information content (AvgIpc) is 2.83. The van der Waals surface area contributed by atoms with Crippen molar-refractivity contribution in [2.24, 2.45) is 28.7 Å². The quantitative estimate of drug-likeness (QED) is 0.103. The highest BCUT2D eigenvalue weighted by atomic mass is 16.7. The third-order valence-corrected chi connectivity index (χ3v) is 6.27. The van der Waals surface area contributed by atoms with Crippen LogP contribution in [0.3, 0.4) is 0 Å². The van der Waals surface area contributed by atoms with Gasteiger partial charge in [-0.1, -0.05) is 0 Å². The van der Waals surface area contributed by atoms with Crippen molar-refractivity contribution in [1.29, 1.82) is 0 Å². The van der Waals surface area contributed by atoms with Crippen LogP contribution in [0.5, 0.6) is 0 Å². The summed E-state index contributed by atoms with van der Waals surface area (Å²) in [6.45, 7) is 1.67. The van der Waals surface area contributed by atoms with Gasteiger partial charge in [0.15, 0.2) is 6.29 Å². The van der Waals surface area contributed by atoms with E-state index >= 15 is 0 Å². The number of hydrogen-bond donors (Lipinski definition) is 11. The van der Waals surface area contributed by atoms with E-state index < -0.39 is 73.1 Å². The van der Waals surface area contributed by atoms with Gasteiger partial charge in [0.25, 0.3) is 0 Å². The molecule has 0 bridgehead atoms. The molecule has 1 saturated carbocycles. The third kappa shape index (κ3) is 7.96. The predicted octanol–water partition coefficient (Wildman–Crippen LogP) is -6.68. The molecule has 0 unspecified atom stereocenters. The molecule has 16 N–H and O–H groups in total. The van der Waals surface area contributed by atoms with Gasteiger partial charge < -0.3 is 73.9 Å². The second-order valence-corrected chi connectivity index (χ2v) is 8.91. The van der Waals surface area contributed by atoms with Crippen molar-refractivity contribution in [1.82, 2.24) is 10.6 Å². The van der Waals surface area contributed by atoms with Crippen molar-refractivity contribution >= 4 is 5.91 Å². The minimum atomic E-state index is -1.36. The van der Waals surface area contributed by atoms with E-state index in [2.05, 4.69) is 10.6 Å². The lowest BCUT2D eigenvalue weighted by molar-refractivity contribution is -0.289. The van der Waals surface area contributed by atoms with E-state index in [0.29, 0.717) is 19.6 Å². The molecule has 0 spiro atoms. The van der Waals surface area contributed by atoms with E-state index in [0.717, 1.165) is 0 Å². The Morgan fingerprint density at radius 1 is 1.03 bits per heavy atom. The Hall–Kier alpha value is -1.05. The number of carbonyl (C=O) groups is 1. The van der Waals surface area contributed by atoms with Crippen molar-refractivity contribution in [2.75, 3.05) is 39.3 Å². The summed E-state index contributed by atoms with van der Waals surface area (Å²) in [6.07, 6.45) is -9.23. The molecule has 35 heavy (non-hydrogen) atoms. The van der Waals surface area contributed by atoms with Crippen molar-refractivity contribution in [3.63, 3.8) is 0 Å². The zero-order valence-corrected chi connectivity index (χ0v) is 19.8. The maximum absolute atomic E-state index is 12.4. The number of aliphatic hydroxyl groups is 4. The molecule has 2 aliphatic rings. The Morgan fingerprint density at radius 3 is 2.37 bits per heavy atom. The Balaban J connectivity index is 2.13. The van der Waals surface area contributed by atoms with Gasteiger partial charge in [0.2, 0.25) is 5.91 Å². The highest BCUT2D eigenvalue weighted by Crippen LogP contribution is 2.29. The first kappa shape index (κ1) is 30.2. The lowest BCUT2D eigenvalue weighted by Crippen LogP contribution is -2.68. The van der Waals surface area contributed by atoms with Crippen LogP contribution in [0.15, 0.2) is 0 Å². The molecule has 11 atom stereocenters. The van der Waals surface area contributed by atoms with E-state index in [4.69, 9.17) is 42.9 Å². The standard InChI is InChI=1S/C20H43N7O8/c21-2-1-11(28)19(32)27-10-7-9(24)17(16(31)18(10)33-6-5-26-4-3-22)35-20-13(25)15(30)14(29)12(8-23)34-20/h9-18,20,26,28-31H,1-8,21-25H2,(H,27,32)/t9-,10+,11+,12+,13+,14+,15+,16-,17+,18-,20+/m0/s1. The Morgan fingerprint density at radius 2 is 1.74 bits per heavy atom. The fourth-order valence-corrected chi connectivity index (χ4v) is 4.26. The molecule has 1 aliphatic carbocycles. The summed E-state index contributed by atoms with van der Waals surface area (Å²) >= 11 is 0. The number of amides is 1. The number of nitrogens with one attached hydrogen (secondary N) is 2. The molecule has 2 rings (SSSR count). The first-order valence-corrected chi connectivity index (χ1v) is 11.9. The predicted molar refractivity (Wildman–Crippen MR) is 124 cm³/mol. The van der Waals surface area contributed by atoms with Crippen LogP contribution < -0.4 is 39.3 Å². The molecule has 2 fully saturated rings. The van der Waals surface area contributed by atoms with Gasteiger partial charge in [-0.25, -0.2) is 0 Å². The molecule has 1 saturated heterocycles. The third-order valence-electron chi connectivity index (χ3n) is 6.27. The zero-order valence-electron chi connectivity index (χ0n) is 19.8. The molecular weight excluding hydrogens is 466 g/mol. The van der Waals surface area contributed by atoms with Crippen LogP contribution in [0.4, 0.5) is 0 Å². The van der Waals surface area contributed by atoms with Gasteiger partial charge in [-0.2, -0.15) is 0 Å². The van der Waals surface area contributed by atoms with Gasteiger partial charge in [-0.05, 0) is 19.4 Å². The van der Waals surface area contributed by atoms with E-state index in [-0.39, 0.29) is 32.5 Å². The summed E-state index contributed by atoms with van der Waals surface area (Å²) in [4.78, 5) is 12.4. The maximum Gasteiger partial charge on any atom is 0.249 e. The topological polar surface area (TPSA) is 280 Å². The number of hydrogen-bond acceptors (Lipinski definition) is 14. The Kier molecular flexibility index (Phi) is 12.6. The van der Waals surface area contributed by atoms with Gasteiger partial charge in [0.1, 0.15) is 42.7 Å². The summed E-state index contributed by atoms with van der Waals surface area (Å²) in [7, 11) is 0. The largest absolute Gasteiger partial charge is 0.388 e. The summed E-state index contributed by atoms with van der Waals surface area (Å²) in [5, 5.41) is 47.2. The summed E-state index contributed by atoms with van der Waals surface area (Å²) in [5.74, 6) is -0.658. The number of ether oxygens (including phenoxy) is 3. The zero-order chi connectivity index (χ0) is 26.1. The second-order valence-electron chi connectivity index (χ2n) is 8.91. The Labute approximate surface area is 204 Å². The molecule has 0 radical (unpaired) electrons. The lowest BCUT2D eigenvalue weighted by atomic mass is 9.83. The van der Waals surface area contributed by atoms with Gasteiger partial charge in [-0.15, -0.1) is 0 Å². The molecule has 1 aliphatic heterocycles. The number of nitrogens with two attached hydrogens (primary N) is 5. The van der Waals surface area contributed by atoms with Crippen LogP contribution in [-0.4, -0.2) is 133 Å². The van der Waals surface area contributed by atoms with Crippen molar-refractivity contribution < 1.29 is 39.4 Å². The van der Waals surface area contributed by atoms with Crippen molar-refractivity contribution in [3.8, 4) is 0 Å². The lowest BCUT2D eigenvalue weighted by Gasteiger charge is -2.47. The van der Waals surface area contributed by atoms with E-state index in [1.54, 1.807) is 0 Å². The van der Waals surface area contributed by atoms with Gasteiger partial charge in [0, 0.05) is 32.2 Å². The normalized spacial score (nSPS) is 38.8. The van der Waals surface area contributed by atoms with Crippen LogP contribution >= 0.6 is 0 Å². The van der Waals surface area contributed by atoms with Crippen LogP contribution in [0.25, 0.3) is 0 Å². The Bertz CT molecular complexity index is 636. The monoisotopic (exact) mass is 509 g/mol. The molecule has 0 aromatic rings. The van der Waals surface area contributed by atoms with Gasteiger partial charge >= 0.3 is 0 Å². The maximum atomic E-state index is 12.4. The highest BCUT2D eigenvalue weighted by molar-refractivity contribution is 5.80. The fourth-order valence-electron chi connectivity index (χ4n) is 4.26. The highest BCUT2D eigenvalue weighted by Gasteiger charge is 2.49. The number of aliphatic hydroxyl groups excluding tert-OH is 4. The van der Waals surface area contributed by atoms with Gasteiger partial charge in [-0.3, -0.25) is 4.79 Å². The summed E-state index contributed by atoms with van der Waals surface area (Å²) in [5.41, 5.74) is 28.7. The number of rotatable bonds is 13. The van der Waals surface area contributed by atoms with E-state index in [1.165, 1.54) is 0 Å². The SMILES string of the molecule is NCCNCCO[C@@H]1[C@@H](O)[C@H](O[C@H]2O[C@H](CN)[C@@H](O)[C@H](O)[C@H]2N)[C@@H](N)C[C@H]1NC(=O)[C@H](O)CCN. The molecule has 15 heteroatoms. The molecule has 1 heterocycles. The first-order chi connectivity index (χ1) is 16.7. The second kappa shape index (κ2) is 14.6. The van der Waals surface area contributed by atoms with Crippen LogP contribution in [0.2, 0.25) is 0 Å². The molecular formula is C20H43N7O8. The summed E-state index contributed by atoms with van der Waals surface area (Å²) in [6, 6.07) is -2.66. The molecule has 15 nitrogen and oxygen atoms in total. The molecule has 1 amide bonds. The van der Waals surface area contributed by atoms with Gasteiger partial charge in [0.05, 0.1) is 18.7 Å². The van der Waals surface area contributed by atoms with E-state index in [9.17, 15) is 25.2 Å². The fraction of sp³-hybridized carbons (Fsp3) is 0.950. The molecule has 0 aromatic carbocycles. The van der Waals surface area contributed by atoms with Crippen LogP contribution in [0.1, 0.15) is 12.8 Å². The van der Waals surface area contributed by atoms with Crippen LogP contribution in [-0.2, 0) is 19.0 Å². The smallest absolute Gasteiger partial charge is 0.249 e. The minimum absolute atomic E-state index is 0.0703. The average molecular weight is 510 g/mol. The number of carbonyl (C=O) groups excluding carboxylic acids is 1. The summed E-state index contributed by atoms with van der Waals surface area (Å²) < 4.78 is 17.4. The molecule has 206 valence electrons. The van der Waals surface area contributed by atoms with Crippen LogP contribution in [0, 0.1) is 0 Å². The minimum Gasteiger partial charge on any atom is -0.388 e. The molecule has 0 aromatic heterocycles. The first-order valence-electron chi connectivity index (χ1n) is 11.9. The van der Waals surface area contributed by atoms with E-state index in [1.807, 2.05) is 0 Å². The van der Waals surface area contributed by atoms with Crippen molar-refractivity contribution in [2.45, 2.75) is 80.0 Å².